The van der Waals surface area contributed by atoms with Gasteiger partial charge in [0.1, 0.15) is 5.75 Å². The smallest absolute Gasteiger partial charge is 0.118 e. The minimum absolute atomic E-state index is 0.936. The molecule has 0 aliphatic carbocycles. The molecule has 0 radical (unpaired) electrons. The number of allylic oxidation sites excluding steroid dienone is 4. The Morgan fingerprint density at radius 3 is 2.24 bits per heavy atom. The van der Waals surface area contributed by atoms with Crippen molar-refractivity contribution >= 4 is 0 Å². The predicted molar refractivity (Wildman–Crippen MR) is 93.0 cm³/mol. The average Bonchev–Trinajstić information content (AvgIpc) is 2.48. The van der Waals surface area contributed by atoms with Crippen LogP contribution in [0, 0.1) is 0 Å². The van der Waals surface area contributed by atoms with Gasteiger partial charge in [0.2, 0.25) is 0 Å². The number of methoxy groups -OCH3 is 1. The fourth-order valence-electron chi connectivity index (χ4n) is 2.32. The Labute approximate surface area is 130 Å². The number of unbranched alkanes of at least 4 members (excludes halogenated alkanes) is 2. The molecule has 0 saturated heterocycles. The lowest BCUT2D eigenvalue weighted by atomic mass is 10.0. The van der Waals surface area contributed by atoms with Crippen molar-refractivity contribution in [1.82, 2.24) is 0 Å². The van der Waals surface area contributed by atoms with Crippen LogP contribution in [0.25, 0.3) is 0 Å². The van der Waals surface area contributed by atoms with Gasteiger partial charge in [-0.05, 0) is 77.0 Å². The third-order valence-electron chi connectivity index (χ3n) is 3.65. The van der Waals surface area contributed by atoms with Crippen LogP contribution in [-0.4, -0.2) is 7.11 Å². The van der Waals surface area contributed by atoms with Crippen LogP contribution in [0.5, 0.6) is 5.75 Å². The lowest BCUT2D eigenvalue weighted by molar-refractivity contribution is 0.414. The molecule has 1 aromatic rings. The van der Waals surface area contributed by atoms with Crippen LogP contribution < -0.4 is 4.74 Å². The minimum Gasteiger partial charge on any atom is -0.497 e. The lowest BCUT2D eigenvalue weighted by Crippen LogP contribution is -1.87. The van der Waals surface area contributed by atoms with Crippen LogP contribution >= 0.6 is 0 Å². The van der Waals surface area contributed by atoms with E-state index in [9.17, 15) is 0 Å². The first-order valence-electron chi connectivity index (χ1n) is 8.03. The molecule has 0 heterocycles. The molecule has 21 heavy (non-hydrogen) atoms. The topological polar surface area (TPSA) is 9.23 Å². The van der Waals surface area contributed by atoms with Gasteiger partial charge in [-0.3, -0.25) is 0 Å². The van der Waals surface area contributed by atoms with Crippen molar-refractivity contribution < 1.29 is 4.74 Å². The quantitative estimate of drug-likeness (QED) is 0.393. The van der Waals surface area contributed by atoms with Crippen LogP contribution in [0.4, 0.5) is 0 Å². The Balaban J connectivity index is 2.19. The maximum absolute atomic E-state index is 5.17. The summed E-state index contributed by atoms with van der Waals surface area (Å²) in [6.45, 7) is 6.60. The molecule has 0 aliphatic heterocycles. The highest BCUT2D eigenvalue weighted by Gasteiger charge is 1.95. The van der Waals surface area contributed by atoms with Gasteiger partial charge >= 0.3 is 0 Å². The van der Waals surface area contributed by atoms with Crippen molar-refractivity contribution in [1.29, 1.82) is 0 Å². The van der Waals surface area contributed by atoms with E-state index in [-0.39, 0.29) is 0 Å². The Morgan fingerprint density at radius 1 is 0.952 bits per heavy atom. The van der Waals surface area contributed by atoms with Gasteiger partial charge in [0.15, 0.2) is 0 Å². The first kappa shape index (κ1) is 17.6. The summed E-state index contributed by atoms with van der Waals surface area (Å²) in [4.78, 5) is 0. The van der Waals surface area contributed by atoms with Gasteiger partial charge in [-0.15, -0.1) is 0 Å². The fourth-order valence-corrected chi connectivity index (χ4v) is 2.32. The number of hydrogen-bond acceptors (Lipinski definition) is 1. The van der Waals surface area contributed by atoms with Gasteiger partial charge in [0, 0.05) is 0 Å². The molecule has 1 rings (SSSR count). The van der Waals surface area contributed by atoms with E-state index in [1.165, 1.54) is 48.8 Å². The van der Waals surface area contributed by atoms with Gasteiger partial charge in [0.25, 0.3) is 0 Å². The Morgan fingerprint density at radius 2 is 1.62 bits per heavy atom. The minimum atomic E-state index is 0.936. The van der Waals surface area contributed by atoms with Crippen molar-refractivity contribution in [3.8, 4) is 5.75 Å². The monoisotopic (exact) mass is 286 g/mol. The third kappa shape index (κ3) is 8.39. The molecular formula is C20H30O. The maximum atomic E-state index is 5.17. The van der Waals surface area contributed by atoms with Crippen molar-refractivity contribution in [3.05, 3.63) is 53.1 Å². The van der Waals surface area contributed by atoms with Crippen molar-refractivity contribution in [2.75, 3.05) is 7.11 Å². The first-order chi connectivity index (χ1) is 10.1. The SMILES string of the molecule is COc1ccc(CCC/C=C(\C)CCCC=C(C)C)cc1. The molecule has 0 fully saturated rings. The molecular weight excluding hydrogens is 256 g/mol. The zero-order valence-electron chi connectivity index (χ0n) is 14.1. The number of aryl methyl sites for hydroxylation is 1. The van der Waals surface area contributed by atoms with E-state index < -0.39 is 0 Å². The van der Waals surface area contributed by atoms with E-state index in [1.807, 2.05) is 12.1 Å². The van der Waals surface area contributed by atoms with E-state index in [2.05, 4.69) is 45.1 Å². The Bertz CT molecular complexity index is 447. The lowest BCUT2D eigenvalue weighted by Gasteiger charge is -2.03. The molecule has 0 saturated carbocycles. The zero-order valence-corrected chi connectivity index (χ0v) is 14.1. The van der Waals surface area contributed by atoms with E-state index in [4.69, 9.17) is 4.74 Å². The van der Waals surface area contributed by atoms with E-state index in [0.717, 1.165) is 12.2 Å². The molecule has 0 aliphatic rings. The first-order valence-corrected chi connectivity index (χ1v) is 8.03. The molecule has 0 unspecified atom stereocenters. The van der Waals surface area contributed by atoms with Gasteiger partial charge < -0.3 is 4.74 Å². The van der Waals surface area contributed by atoms with Crippen LogP contribution in [0.3, 0.4) is 0 Å². The molecule has 0 aromatic heterocycles. The highest BCUT2D eigenvalue weighted by atomic mass is 16.5. The van der Waals surface area contributed by atoms with Crippen molar-refractivity contribution in [3.63, 3.8) is 0 Å². The van der Waals surface area contributed by atoms with Gasteiger partial charge in [0.05, 0.1) is 7.11 Å². The summed E-state index contributed by atoms with van der Waals surface area (Å²) in [7, 11) is 1.71. The van der Waals surface area contributed by atoms with Crippen LogP contribution in [0.2, 0.25) is 0 Å². The van der Waals surface area contributed by atoms with E-state index in [1.54, 1.807) is 7.11 Å². The number of ether oxygens (including phenoxy) is 1. The fraction of sp³-hybridized carbons (Fsp3) is 0.500. The molecule has 1 nitrogen and oxygen atoms in total. The highest BCUT2D eigenvalue weighted by molar-refractivity contribution is 5.27. The number of hydrogen-bond donors (Lipinski definition) is 0. The Hall–Kier alpha value is -1.50. The average molecular weight is 286 g/mol. The second-order valence-corrected chi connectivity index (χ2v) is 5.96. The summed E-state index contributed by atoms with van der Waals surface area (Å²) in [5.41, 5.74) is 4.36. The normalized spacial score (nSPS) is 11.3. The van der Waals surface area contributed by atoms with E-state index in [0.29, 0.717) is 0 Å². The van der Waals surface area contributed by atoms with Crippen LogP contribution in [0.1, 0.15) is 58.4 Å². The summed E-state index contributed by atoms with van der Waals surface area (Å²) in [5, 5.41) is 0. The molecule has 0 atom stereocenters. The highest BCUT2D eigenvalue weighted by Crippen LogP contribution is 2.14. The second kappa shape index (κ2) is 10.3. The summed E-state index contributed by atoms with van der Waals surface area (Å²) < 4.78 is 5.17. The standard InChI is InChI=1S/C20H30O/c1-17(2)9-5-6-10-18(3)11-7-8-12-19-13-15-20(21-4)16-14-19/h9,11,13-16H,5-8,10,12H2,1-4H3/b18-11+. The van der Waals surface area contributed by atoms with Gasteiger partial charge in [-0.1, -0.05) is 35.4 Å². The number of benzene rings is 1. The largest absolute Gasteiger partial charge is 0.497 e. The third-order valence-corrected chi connectivity index (χ3v) is 3.65. The second-order valence-electron chi connectivity index (χ2n) is 5.96. The molecule has 0 spiro atoms. The molecule has 0 N–H and O–H groups in total. The molecule has 1 aromatic carbocycles. The molecule has 1 heteroatoms. The maximum Gasteiger partial charge on any atom is 0.118 e. The molecule has 0 bridgehead atoms. The van der Waals surface area contributed by atoms with E-state index >= 15 is 0 Å². The molecule has 0 amide bonds. The van der Waals surface area contributed by atoms with Crippen LogP contribution in [-0.2, 0) is 6.42 Å². The predicted octanol–water partition coefficient (Wildman–Crippen LogP) is 6.10. The molecule has 116 valence electrons. The summed E-state index contributed by atoms with van der Waals surface area (Å²) >= 11 is 0. The van der Waals surface area contributed by atoms with Gasteiger partial charge in [-0.2, -0.15) is 0 Å². The summed E-state index contributed by atoms with van der Waals surface area (Å²) in [6, 6.07) is 8.41. The zero-order chi connectivity index (χ0) is 15.5. The van der Waals surface area contributed by atoms with Crippen LogP contribution in [0.15, 0.2) is 47.6 Å². The van der Waals surface area contributed by atoms with Gasteiger partial charge in [-0.25, -0.2) is 0 Å². The Kier molecular flexibility index (Phi) is 8.57. The van der Waals surface area contributed by atoms with Crippen molar-refractivity contribution in [2.45, 2.75) is 59.3 Å². The summed E-state index contributed by atoms with van der Waals surface area (Å²) in [6.07, 6.45) is 12.0. The summed E-state index contributed by atoms with van der Waals surface area (Å²) in [5.74, 6) is 0.936. The number of rotatable bonds is 9. The van der Waals surface area contributed by atoms with Crippen molar-refractivity contribution in [2.24, 2.45) is 0 Å².